The quantitative estimate of drug-likeness (QED) is 0.0720. The van der Waals surface area contributed by atoms with Crippen LogP contribution in [0.2, 0.25) is 0 Å². The van der Waals surface area contributed by atoms with Gasteiger partial charge in [0, 0.05) is 22.4 Å². The first kappa shape index (κ1) is 23.8. The summed E-state index contributed by atoms with van der Waals surface area (Å²) in [5.74, 6) is -4.39. The summed E-state index contributed by atoms with van der Waals surface area (Å²) in [6.45, 7) is -0.946. The average molecular weight is 525 g/mol. The molecule has 0 fully saturated rings. The van der Waals surface area contributed by atoms with Crippen molar-refractivity contribution in [2.24, 2.45) is 0 Å². The molecule has 0 aliphatic rings. The smallest absolute Gasteiger partial charge is 0.345 e. The van der Waals surface area contributed by atoms with Crippen molar-refractivity contribution in [1.82, 2.24) is 0 Å². The summed E-state index contributed by atoms with van der Waals surface area (Å²) >= 11 is 3.53. The molecule has 6 N–H and O–H groups in total. The van der Waals surface area contributed by atoms with Crippen LogP contribution in [0.25, 0.3) is 0 Å². The van der Waals surface area contributed by atoms with E-state index in [1.54, 1.807) is 0 Å². The van der Waals surface area contributed by atoms with Crippen LogP contribution >= 0.6 is 12.6 Å². The van der Waals surface area contributed by atoms with Crippen LogP contribution in [-0.4, -0.2) is 84.8 Å². The summed E-state index contributed by atoms with van der Waals surface area (Å²) in [5.41, 5.74) is 0. The molecule has 0 amide bonds. The number of aliphatic hydroxyl groups excluding tert-OH is 5. The fourth-order valence-electron chi connectivity index (χ4n) is 1.12. The van der Waals surface area contributed by atoms with Crippen molar-refractivity contribution in [1.29, 1.82) is 0 Å². The Morgan fingerprint density at radius 2 is 1.55 bits per heavy atom. The molecule has 10 nitrogen and oxygen atoms in total. The molecule has 0 aromatic heterocycles. The zero-order valence-electron chi connectivity index (χ0n) is 10.9. The molecular weight excluding hydrogens is 509 g/mol. The normalized spacial score (nSPS) is 17.4. The van der Waals surface area contributed by atoms with E-state index < -0.39 is 60.6 Å². The van der Waals surface area contributed by atoms with Gasteiger partial charge in [-0.2, -0.15) is 12.6 Å². The Bertz CT molecular complexity index is 392. The minimum absolute atomic E-state index is 0. The first-order chi connectivity index (χ1) is 9.61. The molecule has 0 saturated carbocycles. The van der Waals surface area contributed by atoms with Gasteiger partial charge in [0.25, 0.3) is 0 Å². The molecule has 1 unspecified atom stereocenters. The number of aliphatic carboxylic acids is 1. The van der Waals surface area contributed by atoms with Gasteiger partial charge in [-0.15, -0.1) is 0 Å². The maximum absolute atomic E-state index is 11.3. The van der Waals surface area contributed by atoms with Crippen LogP contribution in [0.1, 0.15) is 6.42 Å². The van der Waals surface area contributed by atoms with Gasteiger partial charge in [0.05, 0.1) is 13.0 Å². The number of hydrogen-bond donors (Lipinski definition) is 7. The molecule has 12 heteroatoms. The van der Waals surface area contributed by atoms with Crippen molar-refractivity contribution < 1.29 is 72.1 Å². The van der Waals surface area contributed by atoms with Crippen LogP contribution in [-0.2, 0) is 41.5 Å². The summed E-state index contributed by atoms with van der Waals surface area (Å²) in [7, 11) is 0. The molecule has 0 bridgehead atoms. The summed E-state index contributed by atoms with van der Waals surface area (Å²) < 4.78 is 4.06. The Labute approximate surface area is 145 Å². The van der Waals surface area contributed by atoms with E-state index in [0.29, 0.717) is 0 Å². The van der Waals surface area contributed by atoms with Gasteiger partial charge in [0.1, 0.15) is 23.6 Å². The maximum atomic E-state index is 11.3. The Balaban J connectivity index is 0. The number of hydrogen-bond acceptors (Lipinski definition) is 10. The van der Waals surface area contributed by atoms with Crippen molar-refractivity contribution in [3.05, 3.63) is 0 Å². The largest absolute Gasteiger partial charge is 0.480 e. The van der Waals surface area contributed by atoms with E-state index in [1.807, 2.05) is 0 Å². The molecule has 0 spiro atoms. The molecule has 0 aromatic rings. The van der Waals surface area contributed by atoms with Crippen LogP contribution in [0, 0.1) is 0 Å². The Morgan fingerprint density at radius 3 is 1.95 bits per heavy atom. The first-order valence-electron chi connectivity index (χ1n) is 5.60. The molecule has 0 rings (SSSR count). The van der Waals surface area contributed by atoms with Gasteiger partial charge in [-0.05, 0) is 0 Å². The number of esters is 2. The molecule has 1 radical (unpaired) electrons. The van der Waals surface area contributed by atoms with E-state index in [1.165, 1.54) is 0 Å². The topological polar surface area (TPSA) is 182 Å². The summed E-state index contributed by atoms with van der Waals surface area (Å²) in [6, 6.07) is 0. The van der Waals surface area contributed by atoms with Crippen molar-refractivity contribution in [3.63, 3.8) is 0 Å². The van der Waals surface area contributed by atoms with Gasteiger partial charge in [-0.25, -0.2) is 4.79 Å². The standard InChI is InChI=1S/C10H16O10S.Au/c11-2-3(12)6(14)7(15)8(16)10(19)20-5(13)1-4(21)9(17)18;/h3-4,6-8,11-12,14-16,21H,1-2H2,(H,17,18);/t3-,4?,6-,7+,8-;/m1./s1. The third-order valence-corrected chi connectivity index (χ3v) is 2.76. The number of aliphatic hydroxyl groups is 5. The molecule has 0 aliphatic heterocycles. The number of ether oxygens (including phenoxy) is 1. The Kier molecular flexibility index (Phi) is 12.0. The van der Waals surface area contributed by atoms with E-state index in [9.17, 15) is 29.7 Å². The van der Waals surface area contributed by atoms with Gasteiger partial charge in [-0.3, -0.25) is 9.59 Å². The zero-order valence-corrected chi connectivity index (χ0v) is 13.9. The van der Waals surface area contributed by atoms with E-state index in [0.717, 1.165) is 0 Å². The molecule has 0 heterocycles. The third-order valence-electron chi connectivity index (χ3n) is 2.36. The van der Waals surface area contributed by atoms with E-state index in [-0.39, 0.29) is 22.4 Å². The average Bonchev–Trinajstić information content (AvgIpc) is 2.43. The number of carboxylic acid groups (broad SMARTS) is 1. The van der Waals surface area contributed by atoms with Gasteiger partial charge in [0.15, 0.2) is 6.10 Å². The number of carboxylic acids is 1. The van der Waals surface area contributed by atoms with Crippen LogP contribution in [0.15, 0.2) is 0 Å². The van der Waals surface area contributed by atoms with Gasteiger partial charge in [-0.1, -0.05) is 0 Å². The van der Waals surface area contributed by atoms with Crippen molar-refractivity contribution >= 4 is 30.5 Å². The first-order valence-corrected chi connectivity index (χ1v) is 6.12. The second kappa shape index (κ2) is 11.1. The number of carbonyl (C=O) groups is 3. The third kappa shape index (κ3) is 7.67. The Morgan fingerprint density at radius 1 is 1.05 bits per heavy atom. The monoisotopic (exact) mass is 525 g/mol. The van der Waals surface area contributed by atoms with Crippen molar-refractivity contribution in [2.75, 3.05) is 6.61 Å². The minimum Gasteiger partial charge on any atom is -0.480 e. The van der Waals surface area contributed by atoms with Crippen LogP contribution in [0.3, 0.4) is 0 Å². The predicted octanol–water partition coefficient (Wildman–Crippen LogP) is -3.74. The molecule has 0 saturated heterocycles. The van der Waals surface area contributed by atoms with E-state index >= 15 is 0 Å². The Hall–Kier alpha value is -0.500. The molecule has 0 aromatic carbocycles. The van der Waals surface area contributed by atoms with Gasteiger partial charge < -0.3 is 35.4 Å². The fraction of sp³-hybridized carbons (Fsp3) is 0.700. The van der Waals surface area contributed by atoms with Crippen molar-refractivity contribution in [3.8, 4) is 0 Å². The molecule has 22 heavy (non-hydrogen) atoms. The molecule has 0 aliphatic carbocycles. The zero-order chi connectivity index (χ0) is 16.7. The summed E-state index contributed by atoms with van der Waals surface area (Å²) in [4.78, 5) is 32.9. The van der Waals surface area contributed by atoms with Crippen LogP contribution in [0.4, 0.5) is 0 Å². The summed E-state index contributed by atoms with van der Waals surface area (Å²) in [5, 5.41) is 52.5. The molecule has 133 valence electrons. The SMILES string of the molecule is O=C(CC(S)C(=O)O)OC(=O)[C@H](O)[C@@H](O)[C@H](O)[C@H](O)CO.[Au]. The fourth-order valence-corrected chi connectivity index (χ4v) is 1.27. The number of carbonyl (C=O) groups excluding carboxylic acids is 2. The van der Waals surface area contributed by atoms with E-state index in [4.69, 9.17) is 15.3 Å². The van der Waals surface area contributed by atoms with E-state index in [2.05, 4.69) is 17.4 Å². The number of thiol groups is 1. The second-order valence-electron chi connectivity index (χ2n) is 4.03. The summed E-state index contributed by atoms with van der Waals surface area (Å²) in [6.07, 6.45) is -9.27. The number of rotatable bonds is 8. The van der Waals surface area contributed by atoms with Crippen LogP contribution < -0.4 is 0 Å². The molecule has 5 atom stereocenters. The van der Waals surface area contributed by atoms with Gasteiger partial charge >= 0.3 is 17.9 Å². The maximum Gasteiger partial charge on any atom is 0.345 e. The molecular formula is C10H16AuO10S. The predicted molar refractivity (Wildman–Crippen MR) is 67.2 cm³/mol. The van der Waals surface area contributed by atoms with Crippen LogP contribution in [0.5, 0.6) is 0 Å². The van der Waals surface area contributed by atoms with Gasteiger partial charge in [0.2, 0.25) is 0 Å². The van der Waals surface area contributed by atoms with Crippen molar-refractivity contribution in [2.45, 2.75) is 36.1 Å². The minimum atomic E-state index is -2.38. The second-order valence-corrected chi connectivity index (χ2v) is 4.65.